The van der Waals surface area contributed by atoms with Crippen molar-refractivity contribution >= 4 is 46.9 Å². The Morgan fingerprint density at radius 1 is 0.711 bits per heavy atom. The molecule has 2 heterocycles. The summed E-state index contributed by atoms with van der Waals surface area (Å²) in [5.41, 5.74) is 7.17. The molecule has 0 aliphatic rings. The molecule has 12 nitrogen and oxygen atoms in total. The number of ketones is 1. The second-order valence-electron chi connectivity index (χ2n) is 8.79. The average Bonchev–Trinajstić information content (AvgIpc) is 3.03. The molecule has 0 saturated heterocycles. The van der Waals surface area contributed by atoms with Gasteiger partial charge in [0.2, 0.25) is 0 Å². The number of carbonyl (C=O) groups is 4. The molecule has 0 saturated carbocycles. The first-order valence-corrected chi connectivity index (χ1v) is 13.7. The van der Waals surface area contributed by atoms with E-state index in [9.17, 15) is 29.4 Å². The van der Waals surface area contributed by atoms with Crippen molar-refractivity contribution in [3.8, 4) is 33.8 Å². The Hall–Kier alpha value is -5.04. The number of rotatable bonds is 8. The first-order chi connectivity index (χ1) is 21.4. The van der Waals surface area contributed by atoms with Gasteiger partial charge in [-0.3, -0.25) is 14.4 Å². The molecule has 236 valence electrons. The van der Waals surface area contributed by atoms with Crippen LogP contribution in [0.15, 0.2) is 73.1 Å². The molecule has 0 aliphatic carbocycles. The highest BCUT2D eigenvalue weighted by atomic mass is 35.5. The van der Waals surface area contributed by atoms with Gasteiger partial charge in [-0.1, -0.05) is 47.5 Å². The fourth-order valence-electron chi connectivity index (χ4n) is 3.46. The number of hydrogen-bond donors (Lipinski definition) is 4. The predicted octanol–water partition coefficient (Wildman–Crippen LogP) is 5.17. The van der Waals surface area contributed by atoms with Crippen molar-refractivity contribution in [1.82, 2.24) is 9.97 Å². The van der Waals surface area contributed by atoms with E-state index in [0.29, 0.717) is 21.2 Å². The summed E-state index contributed by atoms with van der Waals surface area (Å²) < 4.78 is 8.60. The minimum atomic E-state index is -1.26. The van der Waals surface area contributed by atoms with Crippen LogP contribution in [0.25, 0.3) is 22.3 Å². The Labute approximate surface area is 268 Å². The number of halogens is 2. The summed E-state index contributed by atoms with van der Waals surface area (Å²) in [6.45, 7) is -0.0312. The summed E-state index contributed by atoms with van der Waals surface area (Å²) in [5.74, 6) is -3.14. The Kier molecular flexibility index (Phi) is 14.4. The minimum Gasteiger partial charge on any atom is -0.506 e. The van der Waals surface area contributed by atoms with Crippen molar-refractivity contribution in [2.24, 2.45) is 5.73 Å². The van der Waals surface area contributed by atoms with E-state index in [-0.39, 0.29) is 48.2 Å². The third kappa shape index (κ3) is 11.5. The molecule has 0 amide bonds. The van der Waals surface area contributed by atoms with Gasteiger partial charge in [0.1, 0.15) is 17.2 Å². The zero-order valence-electron chi connectivity index (χ0n) is 24.1. The number of ether oxygens (including phenoxy) is 2. The number of carboxylic acid groups (broad SMARTS) is 1. The van der Waals surface area contributed by atoms with Crippen LogP contribution in [0.2, 0.25) is 10.0 Å². The Morgan fingerprint density at radius 3 is 1.53 bits per heavy atom. The van der Waals surface area contributed by atoms with Gasteiger partial charge in [0.25, 0.3) is 0 Å². The van der Waals surface area contributed by atoms with E-state index in [1.165, 1.54) is 38.7 Å². The molecule has 5 N–H and O–H groups in total. The minimum absolute atomic E-state index is 0.0312. The lowest BCUT2D eigenvalue weighted by Gasteiger charge is -2.06. The highest BCUT2D eigenvalue weighted by molar-refractivity contribution is 6.31. The number of nitrogens with two attached hydrogens (primary N) is 1. The number of carboxylic acids is 1. The number of pyridine rings is 2. The highest BCUT2D eigenvalue weighted by Gasteiger charge is 2.16. The van der Waals surface area contributed by atoms with Gasteiger partial charge < -0.3 is 30.5 Å². The largest absolute Gasteiger partial charge is 0.506 e. The third-order valence-corrected chi connectivity index (χ3v) is 6.17. The molecule has 0 spiro atoms. The maximum absolute atomic E-state index is 11.9. The van der Waals surface area contributed by atoms with E-state index in [0.717, 1.165) is 11.1 Å². The highest BCUT2D eigenvalue weighted by Crippen LogP contribution is 2.28. The summed E-state index contributed by atoms with van der Waals surface area (Å²) in [7, 11) is 2.55. The number of aromatic carboxylic acids is 1. The molecule has 2 aromatic carbocycles. The summed E-state index contributed by atoms with van der Waals surface area (Å²) >= 11 is 11.8. The fourth-order valence-corrected chi connectivity index (χ4v) is 3.84. The van der Waals surface area contributed by atoms with E-state index in [4.69, 9.17) is 34.0 Å². The lowest BCUT2D eigenvalue weighted by Crippen LogP contribution is -2.14. The zero-order valence-corrected chi connectivity index (χ0v) is 25.6. The van der Waals surface area contributed by atoms with Crippen LogP contribution in [0.3, 0.4) is 0 Å². The van der Waals surface area contributed by atoms with Gasteiger partial charge in [-0.25, -0.2) is 14.8 Å². The van der Waals surface area contributed by atoms with Gasteiger partial charge in [0, 0.05) is 40.0 Å². The van der Waals surface area contributed by atoms with Crippen LogP contribution < -0.4 is 5.73 Å². The van der Waals surface area contributed by atoms with Crippen LogP contribution in [0.5, 0.6) is 11.5 Å². The van der Waals surface area contributed by atoms with Crippen LogP contribution in [0.4, 0.5) is 0 Å². The van der Waals surface area contributed by atoms with Crippen molar-refractivity contribution in [1.29, 1.82) is 0 Å². The molecule has 0 aliphatic heterocycles. The van der Waals surface area contributed by atoms with Crippen molar-refractivity contribution in [3.63, 3.8) is 0 Å². The normalized spacial score (nSPS) is 9.89. The van der Waals surface area contributed by atoms with E-state index in [2.05, 4.69) is 19.4 Å². The molecular weight excluding hydrogens is 629 g/mol. The summed E-state index contributed by atoms with van der Waals surface area (Å²) in [6, 6.07) is 16.9. The Morgan fingerprint density at radius 2 is 1.18 bits per heavy atom. The Balaban J connectivity index is 0.000000272. The van der Waals surface area contributed by atoms with Gasteiger partial charge in [-0.15, -0.1) is 0 Å². The van der Waals surface area contributed by atoms with E-state index in [1.807, 2.05) is 6.07 Å². The number of hydrogen-bond acceptors (Lipinski definition) is 11. The van der Waals surface area contributed by atoms with Gasteiger partial charge in [-0.2, -0.15) is 0 Å². The zero-order chi connectivity index (χ0) is 33.5. The van der Waals surface area contributed by atoms with Crippen molar-refractivity contribution in [2.45, 2.75) is 12.8 Å². The summed E-state index contributed by atoms with van der Waals surface area (Å²) in [5, 5.41) is 29.4. The van der Waals surface area contributed by atoms with Crippen LogP contribution >= 0.6 is 23.2 Å². The molecule has 0 atom stereocenters. The quantitative estimate of drug-likeness (QED) is 0.143. The molecule has 0 bridgehead atoms. The molecule has 0 fully saturated rings. The second kappa shape index (κ2) is 17.9. The maximum atomic E-state index is 11.9. The Bertz CT molecular complexity index is 1660. The molecule has 2 aromatic heterocycles. The molecule has 45 heavy (non-hydrogen) atoms. The second-order valence-corrected chi connectivity index (χ2v) is 9.66. The number of esters is 2. The number of nitrogens with zero attached hydrogens (tertiary/aromatic N) is 2. The number of carbonyl (C=O) groups excluding carboxylic acids is 3. The van der Waals surface area contributed by atoms with E-state index >= 15 is 0 Å². The lowest BCUT2D eigenvalue weighted by atomic mass is 10.1. The SMILES string of the molecule is COC(=O)CCC(=O)c1ncc(-c2cccc(Cl)c2)cc1O.COC(=O)CN.O=C(O)c1ncc(-c2cccc(Cl)c2)cc1O. The molecule has 14 heteroatoms. The van der Waals surface area contributed by atoms with Crippen LogP contribution in [0, 0.1) is 0 Å². The number of methoxy groups -OCH3 is 2. The molecule has 4 rings (SSSR count). The number of aromatic hydroxyl groups is 2. The molecule has 4 aromatic rings. The third-order valence-electron chi connectivity index (χ3n) is 5.70. The first kappa shape index (κ1) is 36.2. The number of Topliss-reactive ketones (excluding diaryl/α,β-unsaturated/α-hetero) is 1. The van der Waals surface area contributed by atoms with Crippen LogP contribution in [0.1, 0.15) is 33.8 Å². The van der Waals surface area contributed by atoms with Gasteiger partial charge in [-0.05, 0) is 47.5 Å². The average molecular weight is 658 g/mol. The van der Waals surface area contributed by atoms with Crippen molar-refractivity contribution < 1.29 is 44.0 Å². The lowest BCUT2D eigenvalue weighted by molar-refractivity contribution is -0.140. The summed E-state index contributed by atoms with van der Waals surface area (Å²) in [6.07, 6.45) is 2.75. The fraction of sp³-hybridized carbons (Fsp3) is 0.161. The summed E-state index contributed by atoms with van der Waals surface area (Å²) in [4.78, 5) is 51.2. The standard InChI is InChI=1S/C16H14ClNO4.C12H8ClNO3.C3H7NO2/c1-22-15(21)6-5-13(19)16-14(20)8-11(9-18-16)10-3-2-4-12(17)7-10;13-9-3-1-2-7(4-9)8-5-10(15)11(12(16)17)14-6-8;1-6-3(5)2-4/h2-4,7-9,20H,5-6H2,1H3;1-6,15H,(H,16,17);2,4H2,1H3. The van der Waals surface area contributed by atoms with Gasteiger partial charge in [0.05, 0.1) is 27.2 Å². The van der Waals surface area contributed by atoms with Gasteiger partial charge >= 0.3 is 17.9 Å². The van der Waals surface area contributed by atoms with E-state index in [1.54, 1.807) is 42.5 Å². The van der Waals surface area contributed by atoms with Crippen molar-refractivity contribution in [3.05, 3.63) is 94.5 Å². The number of benzene rings is 2. The predicted molar refractivity (Wildman–Crippen MR) is 166 cm³/mol. The number of aromatic nitrogens is 2. The van der Waals surface area contributed by atoms with E-state index < -0.39 is 17.7 Å². The van der Waals surface area contributed by atoms with Crippen LogP contribution in [-0.4, -0.2) is 69.7 Å². The molecular formula is C31H29Cl2N3O9. The maximum Gasteiger partial charge on any atom is 0.358 e. The van der Waals surface area contributed by atoms with Crippen molar-refractivity contribution in [2.75, 3.05) is 20.8 Å². The van der Waals surface area contributed by atoms with Crippen LogP contribution in [-0.2, 0) is 19.1 Å². The molecule has 0 unspecified atom stereocenters. The molecule has 0 radical (unpaired) electrons. The first-order valence-electron chi connectivity index (χ1n) is 12.9. The topological polar surface area (TPSA) is 199 Å². The van der Waals surface area contributed by atoms with Gasteiger partial charge in [0.15, 0.2) is 11.5 Å². The smallest absolute Gasteiger partial charge is 0.358 e. The monoisotopic (exact) mass is 657 g/mol.